The lowest BCUT2D eigenvalue weighted by atomic mass is 10.1. The van der Waals surface area contributed by atoms with Crippen molar-refractivity contribution >= 4 is 33.7 Å². The van der Waals surface area contributed by atoms with Crippen LogP contribution < -0.4 is 4.90 Å². The van der Waals surface area contributed by atoms with Gasteiger partial charge in [0.05, 0.1) is 6.21 Å². The monoisotopic (exact) mass is 372 g/mol. The van der Waals surface area contributed by atoms with Crippen LogP contribution in [0.5, 0.6) is 0 Å². The van der Waals surface area contributed by atoms with Crippen molar-refractivity contribution in [3.8, 4) is 0 Å². The predicted molar refractivity (Wildman–Crippen MR) is 94.8 cm³/mol. The molecule has 1 unspecified atom stereocenters. The largest absolute Gasteiger partial charge is 0.386 e. The molecule has 0 aromatic heterocycles. The van der Waals surface area contributed by atoms with Gasteiger partial charge in [-0.15, -0.1) is 0 Å². The van der Waals surface area contributed by atoms with E-state index in [-0.39, 0.29) is 18.6 Å². The first kappa shape index (κ1) is 15.7. The highest BCUT2D eigenvalue weighted by Crippen LogP contribution is 2.31. The van der Waals surface area contributed by atoms with E-state index in [2.05, 4.69) is 27.2 Å². The summed E-state index contributed by atoms with van der Waals surface area (Å²) in [6.07, 6.45) is 2.47. The summed E-state index contributed by atoms with van der Waals surface area (Å²) in [5, 5.41) is 3.89. The zero-order valence-electron chi connectivity index (χ0n) is 12.8. The van der Waals surface area contributed by atoms with Crippen LogP contribution in [-0.2, 0) is 16.1 Å². The average molecular weight is 373 g/mol. The number of rotatable bonds is 4. The van der Waals surface area contributed by atoms with Crippen LogP contribution in [0.3, 0.4) is 0 Å². The molecule has 1 amide bonds. The number of oxime groups is 1. The molecule has 5 heteroatoms. The maximum atomic E-state index is 12.4. The molecule has 23 heavy (non-hydrogen) atoms. The number of carbonyl (C=O) groups is 1. The number of anilines is 1. The number of hydrogen-bond acceptors (Lipinski definition) is 3. The van der Waals surface area contributed by atoms with Gasteiger partial charge in [-0.1, -0.05) is 57.5 Å². The Kier molecular flexibility index (Phi) is 4.76. The number of fused-ring (bicyclic) bond motifs is 1. The van der Waals surface area contributed by atoms with Gasteiger partial charge in [0, 0.05) is 21.8 Å². The van der Waals surface area contributed by atoms with Crippen molar-refractivity contribution < 1.29 is 9.63 Å². The first-order chi connectivity index (χ1) is 11.2. The van der Waals surface area contributed by atoms with Gasteiger partial charge in [0.25, 0.3) is 5.91 Å². The van der Waals surface area contributed by atoms with Gasteiger partial charge in [-0.2, -0.15) is 0 Å². The molecule has 1 heterocycles. The van der Waals surface area contributed by atoms with Gasteiger partial charge in [0.2, 0.25) is 0 Å². The number of benzene rings is 2. The minimum atomic E-state index is -0.0771. The van der Waals surface area contributed by atoms with Crippen LogP contribution in [-0.4, -0.2) is 24.8 Å². The molecule has 1 aliphatic rings. The summed E-state index contributed by atoms with van der Waals surface area (Å²) in [4.78, 5) is 19.4. The number of nitrogens with zero attached hydrogens (tertiary/aromatic N) is 2. The molecule has 0 fully saturated rings. The molecule has 1 atom stereocenters. The second kappa shape index (κ2) is 6.96. The van der Waals surface area contributed by atoms with E-state index < -0.39 is 0 Å². The number of para-hydroxylation sites is 1. The fourth-order valence-corrected chi connectivity index (χ4v) is 3.17. The third-order valence-corrected chi connectivity index (χ3v) is 4.56. The molecular formula is C18H17BrN2O2. The molecule has 118 valence electrons. The van der Waals surface area contributed by atoms with Gasteiger partial charge in [0.1, 0.15) is 0 Å². The predicted octanol–water partition coefficient (Wildman–Crippen LogP) is 3.78. The Labute approximate surface area is 143 Å². The van der Waals surface area contributed by atoms with Gasteiger partial charge in [0.15, 0.2) is 6.61 Å². The van der Waals surface area contributed by atoms with Crippen LogP contribution in [0, 0.1) is 0 Å². The quantitative estimate of drug-likeness (QED) is 0.605. The van der Waals surface area contributed by atoms with Crippen molar-refractivity contribution in [2.75, 3.05) is 11.5 Å². The molecule has 0 radical (unpaired) electrons. The molecule has 2 aromatic carbocycles. The third kappa shape index (κ3) is 3.45. The Morgan fingerprint density at radius 3 is 2.87 bits per heavy atom. The molecule has 0 bridgehead atoms. The molecule has 3 rings (SSSR count). The van der Waals surface area contributed by atoms with E-state index in [1.807, 2.05) is 49.4 Å². The highest BCUT2D eigenvalue weighted by atomic mass is 79.9. The molecule has 0 aliphatic carbocycles. The Hall–Kier alpha value is -2.14. The van der Waals surface area contributed by atoms with Crippen LogP contribution in [0.2, 0.25) is 0 Å². The first-order valence-electron chi connectivity index (χ1n) is 7.46. The zero-order chi connectivity index (χ0) is 16.2. The topological polar surface area (TPSA) is 41.9 Å². The number of hydrogen-bond donors (Lipinski definition) is 0. The Morgan fingerprint density at radius 1 is 1.30 bits per heavy atom. The molecule has 4 nitrogen and oxygen atoms in total. The molecule has 2 aromatic rings. The zero-order valence-corrected chi connectivity index (χ0v) is 14.4. The van der Waals surface area contributed by atoms with Crippen LogP contribution in [0.1, 0.15) is 18.1 Å². The summed E-state index contributed by atoms with van der Waals surface area (Å²) < 4.78 is 0.931. The van der Waals surface area contributed by atoms with E-state index in [4.69, 9.17) is 4.84 Å². The Morgan fingerprint density at radius 2 is 2.04 bits per heavy atom. The summed E-state index contributed by atoms with van der Waals surface area (Å²) in [6, 6.07) is 15.8. The van der Waals surface area contributed by atoms with Crippen LogP contribution in [0.4, 0.5) is 5.69 Å². The maximum absolute atomic E-state index is 12.4. The molecule has 0 saturated carbocycles. The van der Waals surface area contributed by atoms with Gasteiger partial charge in [-0.25, -0.2) is 0 Å². The van der Waals surface area contributed by atoms with E-state index in [1.165, 1.54) is 5.56 Å². The van der Waals surface area contributed by atoms with Crippen molar-refractivity contribution in [3.05, 3.63) is 64.1 Å². The molecule has 0 spiro atoms. The molecule has 1 aliphatic heterocycles. The standard InChI is InChI=1S/C18H17BrN2O2/c1-13-10-14-6-3-5-9-17(14)21(13)18(22)12-23-20-11-15-7-2-4-8-16(15)19/h2-9,11,13H,10,12H2,1H3. The molecular weight excluding hydrogens is 356 g/mol. The van der Waals surface area contributed by atoms with Crippen LogP contribution >= 0.6 is 15.9 Å². The minimum absolute atomic E-state index is 0.0698. The number of halogens is 1. The fourth-order valence-electron chi connectivity index (χ4n) is 2.78. The fraction of sp³-hybridized carbons (Fsp3) is 0.222. The highest BCUT2D eigenvalue weighted by molar-refractivity contribution is 9.10. The first-order valence-corrected chi connectivity index (χ1v) is 8.26. The lowest BCUT2D eigenvalue weighted by molar-refractivity contribution is -0.123. The van der Waals surface area contributed by atoms with Crippen LogP contribution in [0.25, 0.3) is 0 Å². The van der Waals surface area contributed by atoms with Crippen molar-refractivity contribution in [1.29, 1.82) is 0 Å². The van der Waals surface area contributed by atoms with Gasteiger partial charge in [-0.05, 0) is 31.0 Å². The smallest absolute Gasteiger partial charge is 0.268 e. The van der Waals surface area contributed by atoms with Gasteiger partial charge < -0.3 is 9.74 Å². The van der Waals surface area contributed by atoms with E-state index >= 15 is 0 Å². The summed E-state index contributed by atoms with van der Waals surface area (Å²) in [6.45, 7) is 1.97. The van der Waals surface area contributed by atoms with E-state index in [0.29, 0.717) is 0 Å². The van der Waals surface area contributed by atoms with Crippen molar-refractivity contribution in [2.45, 2.75) is 19.4 Å². The Bertz CT molecular complexity index is 745. The van der Waals surface area contributed by atoms with Crippen molar-refractivity contribution in [3.63, 3.8) is 0 Å². The lowest BCUT2D eigenvalue weighted by Crippen LogP contribution is -2.37. The normalized spacial score (nSPS) is 16.6. The van der Waals surface area contributed by atoms with E-state index in [0.717, 1.165) is 22.1 Å². The summed E-state index contributed by atoms with van der Waals surface area (Å²) in [7, 11) is 0. The van der Waals surface area contributed by atoms with Crippen molar-refractivity contribution in [2.24, 2.45) is 5.16 Å². The highest BCUT2D eigenvalue weighted by Gasteiger charge is 2.30. The second-order valence-electron chi connectivity index (χ2n) is 5.48. The van der Waals surface area contributed by atoms with Crippen molar-refractivity contribution in [1.82, 2.24) is 0 Å². The van der Waals surface area contributed by atoms with Crippen LogP contribution in [0.15, 0.2) is 58.2 Å². The number of amides is 1. The van der Waals surface area contributed by atoms with Gasteiger partial charge in [-0.3, -0.25) is 4.79 Å². The summed E-state index contributed by atoms with van der Waals surface area (Å²) in [5.74, 6) is -0.0771. The second-order valence-corrected chi connectivity index (χ2v) is 6.33. The van der Waals surface area contributed by atoms with E-state index in [1.54, 1.807) is 11.1 Å². The summed E-state index contributed by atoms with van der Waals surface area (Å²) in [5.41, 5.74) is 3.08. The lowest BCUT2D eigenvalue weighted by Gasteiger charge is -2.21. The molecule has 0 N–H and O–H groups in total. The SMILES string of the molecule is CC1Cc2ccccc2N1C(=O)CON=Cc1ccccc1Br. The average Bonchev–Trinajstić information content (AvgIpc) is 2.88. The third-order valence-electron chi connectivity index (χ3n) is 3.84. The summed E-state index contributed by atoms with van der Waals surface area (Å²) >= 11 is 3.44. The number of carbonyl (C=O) groups excluding carboxylic acids is 1. The molecule has 0 saturated heterocycles. The van der Waals surface area contributed by atoms with Gasteiger partial charge >= 0.3 is 0 Å². The maximum Gasteiger partial charge on any atom is 0.268 e. The minimum Gasteiger partial charge on any atom is -0.386 e. The van der Waals surface area contributed by atoms with E-state index in [9.17, 15) is 4.79 Å². The Balaban J connectivity index is 1.61.